The Bertz CT molecular complexity index is 1880. The minimum atomic E-state index is -2.10. The number of fused-ring (bicyclic) bond motifs is 1. The van der Waals surface area contributed by atoms with Gasteiger partial charge in [0.05, 0.1) is 19.3 Å². The van der Waals surface area contributed by atoms with E-state index in [2.05, 4.69) is 0 Å². The van der Waals surface area contributed by atoms with Crippen molar-refractivity contribution in [2.75, 3.05) is 13.2 Å². The Balaban J connectivity index is 1.24. The van der Waals surface area contributed by atoms with E-state index in [1.165, 1.54) is 6.92 Å². The highest BCUT2D eigenvalue weighted by atomic mass is 16.7. The van der Waals surface area contributed by atoms with E-state index in [4.69, 9.17) is 32.8 Å². The first-order valence-electron chi connectivity index (χ1n) is 16.7. The Morgan fingerprint density at radius 2 is 1.25 bits per heavy atom. The SMILES string of the molecule is C[C@@H]1O[C@@H](OC[C@H]2O[C@@H](Oc3c(-c4cc(O)c(O)c(O)c4)oc4cc(O)cc(O)c4c3=O)[C@H](O)[C@@H](O)[C@@H]2O)[C@H](O)[C@H](O[C@@H]2O[C@H](CO)[C@@H](O)[C@H](O)[C@H]2O)[C@H]1O. The molecular weight excluding hydrogens is 748 g/mol. The first kappa shape index (κ1) is 40.6. The lowest BCUT2D eigenvalue weighted by atomic mass is 9.97. The molecule has 0 aliphatic carbocycles. The number of benzene rings is 2. The summed E-state index contributed by atoms with van der Waals surface area (Å²) in [6.07, 6.45) is -26.4. The van der Waals surface area contributed by atoms with Crippen molar-refractivity contribution in [3.63, 3.8) is 0 Å². The zero-order valence-electron chi connectivity index (χ0n) is 28.4. The molecule has 55 heavy (non-hydrogen) atoms. The maximum absolute atomic E-state index is 13.8. The first-order chi connectivity index (χ1) is 25.9. The van der Waals surface area contributed by atoms with E-state index in [1.807, 2.05) is 0 Å². The number of hydrogen-bond donors (Lipinski definition) is 14. The summed E-state index contributed by atoms with van der Waals surface area (Å²) in [6, 6.07) is 3.46. The molecule has 22 heteroatoms. The molecule has 3 aliphatic rings. The van der Waals surface area contributed by atoms with Crippen molar-refractivity contribution < 1.29 is 104 Å². The molecule has 22 nitrogen and oxygen atoms in total. The van der Waals surface area contributed by atoms with Crippen LogP contribution in [-0.2, 0) is 23.7 Å². The fourth-order valence-electron chi connectivity index (χ4n) is 6.39. The number of ether oxygens (including phenoxy) is 6. The highest BCUT2D eigenvalue weighted by Crippen LogP contribution is 2.43. The molecule has 3 saturated heterocycles. The van der Waals surface area contributed by atoms with E-state index >= 15 is 0 Å². The van der Waals surface area contributed by atoms with E-state index in [-0.39, 0.29) is 5.56 Å². The number of phenols is 5. The lowest BCUT2D eigenvalue weighted by Crippen LogP contribution is -2.64. The molecule has 4 heterocycles. The van der Waals surface area contributed by atoms with Crippen LogP contribution in [0.2, 0.25) is 0 Å². The van der Waals surface area contributed by atoms with Crippen molar-refractivity contribution in [3.8, 4) is 45.8 Å². The van der Waals surface area contributed by atoms with Gasteiger partial charge < -0.3 is 104 Å². The van der Waals surface area contributed by atoms with Gasteiger partial charge in [0.2, 0.25) is 17.5 Å². The third-order valence-corrected chi connectivity index (χ3v) is 9.50. The number of phenolic OH excluding ortho intramolecular Hbond substituents is 5. The van der Waals surface area contributed by atoms with Gasteiger partial charge >= 0.3 is 0 Å². The van der Waals surface area contributed by atoms with Crippen molar-refractivity contribution in [3.05, 3.63) is 34.5 Å². The van der Waals surface area contributed by atoms with Crippen LogP contribution in [-0.4, -0.2) is 177 Å². The molecule has 3 fully saturated rings. The van der Waals surface area contributed by atoms with Crippen molar-refractivity contribution in [2.24, 2.45) is 0 Å². The summed E-state index contributed by atoms with van der Waals surface area (Å²) >= 11 is 0. The third kappa shape index (κ3) is 7.58. The minimum Gasteiger partial charge on any atom is -0.508 e. The van der Waals surface area contributed by atoms with Crippen LogP contribution in [0, 0.1) is 0 Å². The number of aromatic hydroxyl groups is 5. The van der Waals surface area contributed by atoms with Gasteiger partial charge in [0.1, 0.15) is 89.6 Å². The van der Waals surface area contributed by atoms with Crippen LogP contribution in [0.1, 0.15) is 6.92 Å². The topological polar surface area (TPSA) is 369 Å². The average Bonchev–Trinajstić information content (AvgIpc) is 3.14. The van der Waals surface area contributed by atoms with Crippen LogP contribution in [0.4, 0.5) is 0 Å². The summed E-state index contributed by atoms with van der Waals surface area (Å²) < 4.78 is 39.1. The Morgan fingerprint density at radius 3 is 1.89 bits per heavy atom. The maximum atomic E-state index is 13.8. The predicted octanol–water partition coefficient (Wildman–Crippen LogP) is -4.16. The van der Waals surface area contributed by atoms with Gasteiger partial charge in [-0.3, -0.25) is 4.79 Å². The monoisotopic (exact) mass is 788 g/mol. The summed E-state index contributed by atoms with van der Waals surface area (Å²) in [7, 11) is 0. The molecule has 14 N–H and O–H groups in total. The quantitative estimate of drug-likeness (QED) is 0.0915. The molecule has 0 bridgehead atoms. The van der Waals surface area contributed by atoms with Gasteiger partial charge in [0.15, 0.2) is 35.6 Å². The molecule has 0 radical (unpaired) electrons. The van der Waals surface area contributed by atoms with Crippen LogP contribution in [0.25, 0.3) is 22.3 Å². The van der Waals surface area contributed by atoms with Gasteiger partial charge in [-0.05, 0) is 19.1 Å². The third-order valence-electron chi connectivity index (χ3n) is 9.50. The van der Waals surface area contributed by atoms with E-state index < -0.39 is 162 Å². The van der Waals surface area contributed by atoms with E-state index in [0.717, 1.165) is 24.3 Å². The Kier molecular flexibility index (Phi) is 11.6. The molecule has 0 saturated carbocycles. The van der Waals surface area contributed by atoms with Gasteiger partial charge in [0, 0.05) is 17.7 Å². The standard InChI is InChI=1S/C33H40O22/c1-8-18(39)29(54-32-25(46)23(44)20(41)15(6-34)52-32)27(48)31(50-8)49-7-16-21(42)24(45)26(47)33(53-16)55-30-22(43)17-11(36)4-10(35)5-14(17)51-28(30)9-2-12(37)19(40)13(38)3-9/h2-5,8,15-16,18,20-21,23-27,29,31-42,44-48H,6-7H2,1H3/t8-,15+,16+,18-,20+,21+,23-,24-,25+,26+,27+,29+,31+,32-,33-/m0/s1. The summed E-state index contributed by atoms with van der Waals surface area (Å²) in [5, 5.41) is 144. The molecule has 1 aromatic heterocycles. The smallest absolute Gasteiger partial charge is 0.239 e. The Labute approximate surface area is 307 Å². The fraction of sp³-hybridized carbons (Fsp3) is 0.545. The van der Waals surface area contributed by atoms with Gasteiger partial charge in [-0.25, -0.2) is 0 Å². The van der Waals surface area contributed by atoms with Gasteiger partial charge in [-0.1, -0.05) is 0 Å². The second-order valence-corrected chi connectivity index (χ2v) is 13.2. The van der Waals surface area contributed by atoms with Gasteiger partial charge in [-0.15, -0.1) is 0 Å². The molecule has 3 aromatic rings. The zero-order chi connectivity index (χ0) is 40.2. The number of aliphatic hydroxyl groups is 9. The zero-order valence-corrected chi connectivity index (χ0v) is 28.4. The molecule has 0 unspecified atom stereocenters. The van der Waals surface area contributed by atoms with Crippen molar-refractivity contribution in [1.82, 2.24) is 0 Å². The molecular formula is C33H40O22. The summed E-state index contributed by atoms with van der Waals surface area (Å²) in [5.74, 6) is -5.44. The summed E-state index contributed by atoms with van der Waals surface area (Å²) in [4.78, 5) is 13.8. The Morgan fingerprint density at radius 1 is 0.655 bits per heavy atom. The maximum Gasteiger partial charge on any atom is 0.239 e. The van der Waals surface area contributed by atoms with Gasteiger partial charge in [-0.2, -0.15) is 0 Å². The molecule has 304 valence electrons. The number of hydrogen-bond acceptors (Lipinski definition) is 22. The lowest BCUT2D eigenvalue weighted by molar-refractivity contribution is -0.361. The largest absolute Gasteiger partial charge is 0.508 e. The highest BCUT2D eigenvalue weighted by molar-refractivity contribution is 5.88. The fourth-order valence-corrected chi connectivity index (χ4v) is 6.39. The molecule has 15 atom stereocenters. The summed E-state index contributed by atoms with van der Waals surface area (Å²) in [5.41, 5.74) is -1.87. The van der Waals surface area contributed by atoms with Crippen molar-refractivity contribution in [1.29, 1.82) is 0 Å². The van der Waals surface area contributed by atoms with Crippen LogP contribution in [0.15, 0.2) is 33.5 Å². The lowest BCUT2D eigenvalue weighted by Gasteiger charge is -2.46. The van der Waals surface area contributed by atoms with Crippen LogP contribution >= 0.6 is 0 Å². The van der Waals surface area contributed by atoms with Gasteiger partial charge in [0.25, 0.3) is 0 Å². The Hall–Kier alpha value is -4.11. The number of aliphatic hydroxyl groups excluding tert-OH is 9. The first-order valence-corrected chi connectivity index (χ1v) is 16.7. The summed E-state index contributed by atoms with van der Waals surface area (Å²) in [6.45, 7) is -0.197. The van der Waals surface area contributed by atoms with Crippen molar-refractivity contribution >= 4 is 11.0 Å². The van der Waals surface area contributed by atoms with Crippen LogP contribution in [0.3, 0.4) is 0 Å². The van der Waals surface area contributed by atoms with Crippen molar-refractivity contribution in [2.45, 2.75) is 99.0 Å². The minimum absolute atomic E-state index is 0.310. The molecule has 2 aromatic carbocycles. The number of rotatable bonds is 9. The molecule has 0 amide bonds. The molecule has 0 spiro atoms. The molecule has 3 aliphatic heterocycles. The van der Waals surface area contributed by atoms with E-state index in [9.17, 15) is 76.3 Å². The second kappa shape index (κ2) is 15.8. The van der Waals surface area contributed by atoms with Crippen LogP contribution < -0.4 is 10.2 Å². The van der Waals surface area contributed by atoms with Crippen LogP contribution in [0.5, 0.6) is 34.5 Å². The highest BCUT2D eigenvalue weighted by Gasteiger charge is 2.51. The normalized spacial score (nSPS) is 36.9. The van der Waals surface area contributed by atoms with E-state index in [1.54, 1.807) is 0 Å². The second-order valence-electron chi connectivity index (χ2n) is 13.2. The average molecular weight is 789 g/mol. The predicted molar refractivity (Wildman–Crippen MR) is 174 cm³/mol. The van der Waals surface area contributed by atoms with E-state index in [0.29, 0.717) is 0 Å². The molecule has 6 rings (SSSR count).